The molecule has 2 aromatic rings. The van der Waals surface area contributed by atoms with Gasteiger partial charge in [-0.05, 0) is 50.2 Å². The van der Waals surface area contributed by atoms with Crippen LogP contribution in [0.3, 0.4) is 0 Å². The van der Waals surface area contributed by atoms with Crippen LogP contribution in [0.15, 0.2) is 47.4 Å². The van der Waals surface area contributed by atoms with Crippen molar-refractivity contribution < 1.29 is 17.9 Å². The Kier molecular flexibility index (Phi) is 6.32. The number of hydrogen-bond donors (Lipinski definition) is 0. The van der Waals surface area contributed by atoms with E-state index in [-0.39, 0.29) is 22.5 Å². The molecule has 7 nitrogen and oxygen atoms in total. The minimum Gasteiger partial charge on any atom is -0.490 e. The highest BCUT2D eigenvalue weighted by Crippen LogP contribution is 2.26. The number of anilines is 1. The first-order valence-electron chi connectivity index (χ1n) is 9.74. The van der Waals surface area contributed by atoms with Crippen LogP contribution in [0.1, 0.15) is 29.8 Å². The van der Waals surface area contributed by atoms with Crippen molar-refractivity contribution in [3.8, 4) is 11.8 Å². The van der Waals surface area contributed by atoms with Crippen molar-refractivity contribution in [1.29, 1.82) is 5.26 Å². The number of benzene rings is 2. The van der Waals surface area contributed by atoms with Crippen molar-refractivity contribution in [3.63, 3.8) is 0 Å². The zero-order valence-electron chi connectivity index (χ0n) is 17.3. The van der Waals surface area contributed by atoms with E-state index in [2.05, 4.69) is 11.0 Å². The van der Waals surface area contributed by atoms with Gasteiger partial charge >= 0.3 is 0 Å². The summed E-state index contributed by atoms with van der Waals surface area (Å²) in [5.74, 6) is 0.133. The van der Waals surface area contributed by atoms with Crippen LogP contribution in [-0.4, -0.2) is 57.8 Å². The molecule has 0 aromatic heterocycles. The highest BCUT2D eigenvalue weighted by molar-refractivity contribution is 7.90. The van der Waals surface area contributed by atoms with Crippen LogP contribution < -0.4 is 9.64 Å². The zero-order chi connectivity index (χ0) is 21.9. The Morgan fingerprint density at radius 3 is 2.40 bits per heavy atom. The maximum absolute atomic E-state index is 13.2. The Labute approximate surface area is 177 Å². The van der Waals surface area contributed by atoms with Crippen molar-refractivity contribution in [2.45, 2.75) is 24.8 Å². The lowest BCUT2D eigenvalue weighted by molar-refractivity contribution is 0.0740. The topological polar surface area (TPSA) is 90.7 Å². The number of carbonyl (C=O) groups excluding carboxylic acids is 1. The van der Waals surface area contributed by atoms with E-state index in [1.807, 2.05) is 32.0 Å². The average Bonchev–Trinajstić information content (AvgIpc) is 2.72. The maximum atomic E-state index is 13.2. The third-order valence-electron chi connectivity index (χ3n) is 4.88. The molecular weight excluding hydrogens is 402 g/mol. The molecule has 0 N–H and O–H groups in total. The number of hydrogen-bond acceptors (Lipinski definition) is 6. The zero-order valence-corrected chi connectivity index (χ0v) is 18.1. The Morgan fingerprint density at radius 1 is 1.10 bits per heavy atom. The van der Waals surface area contributed by atoms with Crippen LogP contribution in [0, 0.1) is 11.3 Å². The van der Waals surface area contributed by atoms with E-state index in [1.165, 1.54) is 12.1 Å². The number of amides is 1. The van der Waals surface area contributed by atoms with E-state index >= 15 is 0 Å². The molecule has 0 radical (unpaired) electrons. The Balaban J connectivity index is 1.80. The minimum absolute atomic E-state index is 0.0916. The van der Waals surface area contributed by atoms with Crippen LogP contribution in [0.5, 0.6) is 5.75 Å². The molecule has 0 aliphatic carbocycles. The summed E-state index contributed by atoms with van der Waals surface area (Å²) in [6.07, 6.45) is 0.970. The van der Waals surface area contributed by atoms with Crippen molar-refractivity contribution in [2.24, 2.45) is 0 Å². The smallest absolute Gasteiger partial charge is 0.257 e. The summed E-state index contributed by atoms with van der Waals surface area (Å²) in [7, 11) is -3.45. The lowest BCUT2D eigenvalue weighted by Gasteiger charge is -2.36. The van der Waals surface area contributed by atoms with Gasteiger partial charge < -0.3 is 14.5 Å². The molecule has 3 rings (SSSR count). The van der Waals surface area contributed by atoms with Gasteiger partial charge in [0.05, 0.1) is 28.2 Å². The molecule has 0 bridgehead atoms. The van der Waals surface area contributed by atoms with Crippen LogP contribution in [0.2, 0.25) is 0 Å². The van der Waals surface area contributed by atoms with Crippen molar-refractivity contribution in [2.75, 3.05) is 37.3 Å². The van der Waals surface area contributed by atoms with E-state index in [1.54, 1.807) is 17.0 Å². The lowest BCUT2D eigenvalue weighted by atomic mass is 10.1. The fourth-order valence-corrected chi connectivity index (χ4v) is 4.02. The molecule has 1 aliphatic heterocycles. The van der Waals surface area contributed by atoms with Crippen molar-refractivity contribution in [3.05, 3.63) is 53.6 Å². The third kappa shape index (κ3) is 4.92. The summed E-state index contributed by atoms with van der Waals surface area (Å²) in [6.45, 7) is 5.92. The Morgan fingerprint density at radius 2 is 1.80 bits per heavy atom. The monoisotopic (exact) mass is 427 g/mol. The van der Waals surface area contributed by atoms with Gasteiger partial charge in [0.2, 0.25) is 0 Å². The van der Waals surface area contributed by atoms with Crippen molar-refractivity contribution in [1.82, 2.24) is 4.90 Å². The quantitative estimate of drug-likeness (QED) is 0.729. The molecule has 0 spiro atoms. The van der Waals surface area contributed by atoms with Gasteiger partial charge in [-0.1, -0.05) is 6.07 Å². The predicted molar refractivity (Wildman–Crippen MR) is 115 cm³/mol. The number of nitriles is 1. The molecule has 30 heavy (non-hydrogen) atoms. The molecule has 0 unspecified atom stereocenters. The van der Waals surface area contributed by atoms with E-state index in [0.717, 1.165) is 11.9 Å². The number of piperazine rings is 1. The maximum Gasteiger partial charge on any atom is 0.257 e. The normalized spacial score (nSPS) is 14.5. The second-order valence-corrected chi connectivity index (χ2v) is 9.55. The van der Waals surface area contributed by atoms with Gasteiger partial charge in [0.15, 0.2) is 9.84 Å². The van der Waals surface area contributed by atoms with Gasteiger partial charge in [-0.2, -0.15) is 5.26 Å². The number of sulfone groups is 1. The van der Waals surface area contributed by atoms with Crippen molar-refractivity contribution >= 4 is 21.4 Å². The second kappa shape index (κ2) is 8.76. The van der Waals surface area contributed by atoms with Gasteiger partial charge in [0.1, 0.15) is 5.75 Å². The molecule has 1 fully saturated rings. The molecule has 1 heterocycles. The number of ether oxygens (including phenoxy) is 1. The van der Waals surface area contributed by atoms with E-state index in [9.17, 15) is 13.2 Å². The Bertz CT molecular complexity index is 1080. The van der Waals surface area contributed by atoms with Gasteiger partial charge in [-0.3, -0.25) is 4.79 Å². The standard InChI is InChI=1S/C22H25N3O4S/c1-16(2)29-21-8-7-19(30(3,27)28)14-20(21)22(26)25-11-9-24(10-12-25)18-6-4-5-17(13-18)15-23/h4-8,13-14,16H,9-12H2,1-3H3. The molecule has 1 saturated heterocycles. The van der Waals surface area contributed by atoms with E-state index in [4.69, 9.17) is 10.00 Å². The van der Waals surface area contributed by atoms with Crippen LogP contribution in [0.25, 0.3) is 0 Å². The van der Waals surface area contributed by atoms with Gasteiger partial charge in [-0.25, -0.2) is 8.42 Å². The Hall–Kier alpha value is -3.05. The second-order valence-electron chi connectivity index (χ2n) is 7.54. The summed E-state index contributed by atoms with van der Waals surface area (Å²) >= 11 is 0. The largest absolute Gasteiger partial charge is 0.490 e. The number of carbonyl (C=O) groups is 1. The third-order valence-corrected chi connectivity index (χ3v) is 5.99. The fraction of sp³-hybridized carbons (Fsp3) is 0.364. The molecule has 1 amide bonds. The first-order chi connectivity index (χ1) is 14.2. The molecule has 0 saturated carbocycles. The van der Waals surface area contributed by atoms with E-state index in [0.29, 0.717) is 37.5 Å². The SMILES string of the molecule is CC(C)Oc1ccc(S(C)(=O)=O)cc1C(=O)N1CCN(c2cccc(C#N)c2)CC1. The highest BCUT2D eigenvalue weighted by atomic mass is 32.2. The van der Waals surface area contributed by atoms with Crippen LogP contribution in [-0.2, 0) is 9.84 Å². The van der Waals surface area contributed by atoms with Gasteiger partial charge in [0, 0.05) is 38.1 Å². The molecule has 0 atom stereocenters. The molecular formula is C22H25N3O4S. The molecule has 158 valence electrons. The van der Waals surface area contributed by atoms with E-state index < -0.39 is 9.84 Å². The molecule has 8 heteroatoms. The lowest BCUT2D eigenvalue weighted by Crippen LogP contribution is -2.49. The summed E-state index contributed by atoms with van der Waals surface area (Å²) in [4.78, 5) is 17.1. The molecule has 2 aromatic carbocycles. The highest BCUT2D eigenvalue weighted by Gasteiger charge is 2.26. The predicted octanol–water partition coefficient (Wildman–Crippen LogP) is 2.71. The first kappa shape index (κ1) is 21.7. The summed E-state index contributed by atoms with van der Waals surface area (Å²) < 4.78 is 29.7. The summed E-state index contributed by atoms with van der Waals surface area (Å²) in [6, 6.07) is 13.9. The van der Waals surface area contributed by atoms with Gasteiger partial charge in [0.25, 0.3) is 5.91 Å². The van der Waals surface area contributed by atoms with Gasteiger partial charge in [-0.15, -0.1) is 0 Å². The van der Waals surface area contributed by atoms with Crippen LogP contribution in [0.4, 0.5) is 5.69 Å². The summed E-state index contributed by atoms with van der Waals surface area (Å²) in [5, 5.41) is 9.09. The number of nitrogens with zero attached hydrogens (tertiary/aromatic N) is 3. The molecule has 1 aliphatic rings. The van der Waals surface area contributed by atoms with Crippen LogP contribution >= 0.6 is 0 Å². The average molecular weight is 428 g/mol. The first-order valence-corrected chi connectivity index (χ1v) is 11.6. The fourth-order valence-electron chi connectivity index (χ4n) is 3.37. The minimum atomic E-state index is -3.45. The number of rotatable bonds is 5. The summed E-state index contributed by atoms with van der Waals surface area (Å²) in [5.41, 5.74) is 1.80.